The quantitative estimate of drug-likeness (QED) is 0.582. The van der Waals surface area contributed by atoms with Crippen molar-refractivity contribution in [2.75, 3.05) is 26.2 Å². The second-order valence-electron chi connectivity index (χ2n) is 3.71. The van der Waals surface area contributed by atoms with Gasteiger partial charge in [0.25, 0.3) is 0 Å². The number of hydrogen-bond acceptors (Lipinski definition) is 3. The number of amides is 1. The maximum absolute atomic E-state index is 11.7. The summed E-state index contributed by atoms with van der Waals surface area (Å²) in [4.78, 5) is 13.6. The van der Waals surface area contributed by atoms with Gasteiger partial charge < -0.3 is 10.4 Å². The molecule has 0 spiro atoms. The lowest BCUT2D eigenvalue weighted by Gasteiger charge is -2.27. The number of aliphatic hydroxyl groups excluding tert-OH is 1. The second kappa shape index (κ2) is 9.20. The molecule has 1 amide bonds. The molecule has 0 aromatic carbocycles. The molecule has 4 heteroatoms. The third-order valence-corrected chi connectivity index (χ3v) is 2.48. The fraction of sp³-hybridized carbons (Fsp3) is 0.750. The Balaban J connectivity index is 4.18. The number of carbonyl (C=O) groups is 1. The Bertz CT molecular complexity index is 236. The molecule has 0 radical (unpaired) electrons. The van der Waals surface area contributed by atoms with Crippen LogP contribution in [-0.2, 0) is 4.79 Å². The van der Waals surface area contributed by atoms with Crippen molar-refractivity contribution in [1.82, 2.24) is 10.2 Å². The number of terminal acetylenes is 1. The summed E-state index contributed by atoms with van der Waals surface area (Å²) in [6.07, 6.45) is 7.16. The normalized spacial score (nSPS) is 12.2. The van der Waals surface area contributed by atoms with Crippen molar-refractivity contribution in [1.29, 1.82) is 0 Å². The predicted octanol–water partition coefficient (Wildman–Crippen LogP) is 0.219. The maximum atomic E-state index is 11.7. The molecule has 0 aromatic heterocycles. The number of aliphatic hydroxyl groups is 1. The molecule has 16 heavy (non-hydrogen) atoms. The summed E-state index contributed by atoms with van der Waals surface area (Å²) in [5.74, 6) is 2.29. The van der Waals surface area contributed by atoms with Crippen LogP contribution in [0.25, 0.3) is 0 Å². The van der Waals surface area contributed by atoms with E-state index in [1.54, 1.807) is 0 Å². The zero-order valence-corrected chi connectivity index (χ0v) is 10.2. The smallest absolute Gasteiger partial charge is 0.237 e. The van der Waals surface area contributed by atoms with E-state index in [-0.39, 0.29) is 25.1 Å². The van der Waals surface area contributed by atoms with Gasteiger partial charge in [-0.2, -0.15) is 0 Å². The van der Waals surface area contributed by atoms with Gasteiger partial charge in [-0.05, 0) is 19.9 Å². The fourth-order valence-corrected chi connectivity index (χ4v) is 1.44. The molecule has 2 N–H and O–H groups in total. The average molecular weight is 226 g/mol. The van der Waals surface area contributed by atoms with E-state index in [1.165, 1.54) is 0 Å². The number of nitrogens with zero attached hydrogens (tertiary/aromatic N) is 1. The van der Waals surface area contributed by atoms with E-state index in [2.05, 4.69) is 18.2 Å². The number of rotatable bonds is 8. The molecule has 0 aliphatic rings. The highest BCUT2D eigenvalue weighted by atomic mass is 16.3. The zero-order valence-electron chi connectivity index (χ0n) is 10.2. The third kappa shape index (κ3) is 5.74. The van der Waals surface area contributed by atoms with Gasteiger partial charge in [-0.25, -0.2) is 0 Å². The van der Waals surface area contributed by atoms with Gasteiger partial charge >= 0.3 is 0 Å². The highest BCUT2D eigenvalue weighted by Gasteiger charge is 2.19. The second-order valence-corrected chi connectivity index (χ2v) is 3.71. The molecule has 0 rings (SSSR count). The monoisotopic (exact) mass is 226 g/mol. The summed E-state index contributed by atoms with van der Waals surface area (Å²) in [7, 11) is 0. The van der Waals surface area contributed by atoms with Crippen LogP contribution in [0.2, 0.25) is 0 Å². The molecule has 0 bridgehead atoms. The summed E-state index contributed by atoms with van der Waals surface area (Å²) in [6.45, 7) is 5.59. The first kappa shape index (κ1) is 14.9. The van der Waals surface area contributed by atoms with Gasteiger partial charge in [-0.15, -0.1) is 6.42 Å². The van der Waals surface area contributed by atoms with Crippen LogP contribution in [0.1, 0.15) is 26.7 Å². The molecular weight excluding hydrogens is 204 g/mol. The Morgan fingerprint density at radius 2 is 2.25 bits per heavy atom. The molecule has 1 atom stereocenters. The van der Waals surface area contributed by atoms with Crippen molar-refractivity contribution in [2.45, 2.75) is 32.7 Å². The van der Waals surface area contributed by atoms with E-state index >= 15 is 0 Å². The van der Waals surface area contributed by atoms with Crippen LogP contribution in [0.4, 0.5) is 0 Å². The van der Waals surface area contributed by atoms with Gasteiger partial charge in [0.05, 0.1) is 19.2 Å². The largest absolute Gasteiger partial charge is 0.395 e. The average Bonchev–Trinajstić information content (AvgIpc) is 2.30. The topological polar surface area (TPSA) is 52.6 Å². The van der Waals surface area contributed by atoms with Gasteiger partial charge in [0.1, 0.15) is 0 Å². The van der Waals surface area contributed by atoms with Crippen LogP contribution >= 0.6 is 0 Å². The molecule has 1 unspecified atom stereocenters. The molecule has 0 saturated carbocycles. The minimum atomic E-state index is -0.243. The number of nitrogens with one attached hydrogen (secondary N) is 1. The molecule has 0 saturated heterocycles. The lowest BCUT2D eigenvalue weighted by molar-refractivity contribution is -0.125. The van der Waals surface area contributed by atoms with Gasteiger partial charge in [0.2, 0.25) is 5.91 Å². The van der Waals surface area contributed by atoms with E-state index in [9.17, 15) is 4.79 Å². The maximum Gasteiger partial charge on any atom is 0.237 e. The van der Waals surface area contributed by atoms with E-state index < -0.39 is 0 Å². The standard InChI is InChI=1S/C12H22N2O2/c1-4-6-8-14(9-10-15)11(3)12(16)13-7-5-2/h2,11,15H,4,6-10H2,1,3H3,(H,13,16). The van der Waals surface area contributed by atoms with Crippen LogP contribution in [0.3, 0.4) is 0 Å². The summed E-state index contributed by atoms with van der Waals surface area (Å²) >= 11 is 0. The molecular formula is C12H22N2O2. The molecule has 92 valence electrons. The van der Waals surface area contributed by atoms with E-state index in [1.807, 2.05) is 11.8 Å². The summed E-state index contributed by atoms with van der Waals surface area (Å²) in [6, 6.07) is -0.243. The summed E-state index contributed by atoms with van der Waals surface area (Å²) in [5.41, 5.74) is 0. The molecule has 4 nitrogen and oxygen atoms in total. The van der Waals surface area contributed by atoms with E-state index in [0.29, 0.717) is 6.54 Å². The van der Waals surface area contributed by atoms with Crippen molar-refractivity contribution in [3.05, 3.63) is 0 Å². The van der Waals surface area contributed by atoms with E-state index in [0.717, 1.165) is 19.4 Å². The molecule has 0 aliphatic heterocycles. The summed E-state index contributed by atoms with van der Waals surface area (Å²) < 4.78 is 0. The van der Waals surface area contributed by atoms with Crippen molar-refractivity contribution < 1.29 is 9.90 Å². The molecule has 0 aromatic rings. The lowest BCUT2D eigenvalue weighted by Crippen LogP contribution is -2.46. The van der Waals surface area contributed by atoms with Crippen LogP contribution in [0.5, 0.6) is 0 Å². The fourth-order valence-electron chi connectivity index (χ4n) is 1.44. The number of hydrogen-bond donors (Lipinski definition) is 2. The van der Waals surface area contributed by atoms with Crippen molar-refractivity contribution in [3.63, 3.8) is 0 Å². The minimum absolute atomic E-state index is 0.0659. The Hall–Kier alpha value is -1.05. The molecule has 0 heterocycles. The number of carbonyl (C=O) groups excluding carboxylic acids is 1. The first-order chi connectivity index (χ1) is 7.67. The van der Waals surface area contributed by atoms with Crippen molar-refractivity contribution in [3.8, 4) is 12.3 Å². The lowest BCUT2D eigenvalue weighted by atomic mass is 10.2. The van der Waals surface area contributed by atoms with Crippen molar-refractivity contribution in [2.24, 2.45) is 0 Å². The van der Waals surface area contributed by atoms with Crippen LogP contribution in [0, 0.1) is 12.3 Å². The van der Waals surface area contributed by atoms with Gasteiger partial charge in [0.15, 0.2) is 0 Å². The highest BCUT2D eigenvalue weighted by Crippen LogP contribution is 2.02. The zero-order chi connectivity index (χ0) is 12.4. The van der Waals surface area contributed by atoms with Gasteiger partial charge in [0, 0.05) is 6.54 Å². The van der Waals surface area contributed by atoms with Gasteiger partial charge in [-0.3, -0.25) is 9.69 Å². The van der Waals surface area contributed by atoms with Crippen molar-refractivity contribution >= 4 is 5.91 Å². The first-order valence-corrected chi connectivity index (χ1v) is 5.73. The first-order valence-electron chi connectivity index (χ1n) is 5.73. The van der Waals surface area contributed by atoms with E-state index in [4.69, 9.17) is 11.5 Å². The van der Waals surface area contributed by atoms with Crippen LogP contribution in [-0.4, -0.2) is 48.2 Å². The Kier molecular flexibility index (Phi) is 8.59. The highest BCUT2D eigenvalue weighted by molar-refractivity contribution is 5.81. The summed E-state index contributed by atoms with van der Waals surface area (Å²) in [5, 5.41) is 11.6. The third-order valence-electron chi connectivity index (χ3n) is 2.48. The van der Waals surface area contributed by atoms with Gasteiger partial charge in [-0.1, -0.05) is 19.3 Å². The van der Waals surface area contributed by atoms with Crippen LogP contribution < -0.4 is 5.32 Å². The van der Waals surface area contributed by atoms with Crippen LogP contribution in [0.15, 0.2) is 0 Å². The SMILES string of the molecule is C#CCNC(=O)C(C)N(CCO)CCCC. The predicted molar refractivity (Wildman–Crippen MR) is 64.9 cm³/mol. The Morgan fingerprint density at radius 3 is 2.75 bits per heavy atom. The Morgan fingerprint density at radius 1 is 1.56 bits per heavy atom. The Labute approximate surface area is 98.0 Å². The molecule has 0 fully saturated rings. The minimum Gasteiger partial charge on any atom is -0.395 e. The number of unbranched alkanes of at least 4 members (excludes halogenated alkanes) is 1. The molecule has 0 aliphatic carbocycles.